The van der Waals surface area contributed by atoms with Crippen LogP contribution in [-0.2, 0) is 4.79 Å². The number of aromatic nitrogens is 1. The number of nitrogens with two attached hydrogens (primary N) is 1. The molecule has 2 unspecified atom stereocenters. The van der Waals surface area contributed by atoms with Gasteiger partial charge in [0, 0.05) is 0 Å². The number of aliphatic hydroxyl groups excluding tert-OH is 2. The zero-order valence-electron chi connectivity index (χ0n) is 8.78. The number of hydrogen-bond donors (Lipinski definition) is 4. The summed E-state index contributed by atoms with van der Waals surface area (Å²) in [6, 6.07) is 4.14. The zero-order valence-corrected chi connectivity index (χ0v) is 8.78. The zero-order chi connectivity index (χ0) is 13.0. The topological polar surface area (TPSA) is 134 Å². The lowest BCUT2D eigenvalue weighted by atomic mass is 10.1. The third-order valence-corrected chi connectivity index (χ3v) is 2.07. The van der Waals surface area contributed by atoms with Gasteiger partial charge in [0.25, 0.3) is 5.91 Å². The molecule has 0 radical (unpaired) electrons. The summed E-state index contributed by atoms with van der Waals surface area (Å²) in [6.07, 6.45) is -3.60. The highest BCUT2D eigenvalue weighted by Gasteiger charge is 2.22. The first kappa shape index (κ1) is 13.1. The molecular weight excluding hydrogens is 228 g/mol. The minimum atomic E-state index is -1.50. The molecule has 0 aliphatic rings. The Balaban J connectivity index is 2.88. The molecule has 7 nitrogen and oxygen atoms in total. The van der Waals surface area contributed by atoms with Gasteiger partial charge in [-0.05, 0) is 12.1 Å². The highest BCUT2D eigenvalue weighted by Crippen LogP contribution is 2.17. The number of hydrogen-bond acceptors (Lipinski definition) is 5. The number of nitrogens with zero attached hydrogens (tertiary/aromatic N) is 1. The standard InChI is InChI=1S/C10H12N2O5/c11-10(17)6-3-1-2-5(12-6)9(16)7(13)4-8(14)15/h1-3,7,9,13,16H,4H2,(H2,11,17)(H,14,15). The highest BCUT2D eigenvalue weighted by molar-refractivity contribution is 5.90. The quantitative estimate of drug-likeness (QED) is 0.524. The van der Waals surface area contributed by atoms with E-state index in [9.17, 15) is 19.8 Å². The van der Waals surface area contributed by atoms with E-state index < -0.39 is 30.5 Å². The van der Waals surface area contributed by atoms with Crippen molar-refractivity contribution >= 4 is 11.9 Å². The maximum absolute atomic E-state index is 10.8. The Morgan fingerprint density at radius 2 is 2.00 bits per heavy atom. The van der Waals surface area contributed by atoms with Gasteiger partial charge in [0.05, 0.1) is 18.2 Å². The molecule has 1 amide bonds. The van der Waals surface area contributed by atoms with Crippen molar-refractivity contribution in [3.63, 3.8) is 0 Å². The molecule has 0 fully saturated rings. The van der Waals surface area contributed by atoms with Crippen molar-refractivity contribution < 1.29 is 24.9 Å². The van der Waals surface area contributed by atoms with Crippen molar-refractivity contribution in [1.82, 2.24) is 4.98 Å². The summed E-state index contributed by atoms with van der Waals surface area (Å²) in [5, 5.41) is 27.5. The number of carbonyl (C=O) groups is 2. The van der Waals surface area contributed by atoms with E-state index in [-0.39, 0.29) is 11.4 Å². The summed E-state index contributed by atoms with van der Waals surface area (Å²) in [6.45, 7) is 0. The molecule has 1 heterocycles. The normalized spacial score (nSPS) is 14.0. The minimum Gasteiger partial charge on any atom is -0.481 e. The fourth-order valence-electron chi connectivity index (χ4n) is 1.24. The van der Waals surface area contributed by atoms with E-state index in [2.05, 4.69) is 4.98 Å². The predicted octanol–water partition coefficient (Wildman–Crippen LogP) is -0.951. The van der Waals surface area contributed by atoms with E-state index in [0.717, 1.165) is 0 Å². The van der Waals surface area contributed by atoms with E-state index in [1.165, 1.54) is 18.2 Å². The Morgan fingerprint density at radius 1 is 1.35 bits per heavy atom. The molecule has 0 aromatic carbocycles. The Labute approximate surface area is 96.5 Å². The number of amides is 1. The first-order chi connectivity index (χ1) is 7.91. The van der Waals surface area contributed by atoms with Gasteiger partial charge >= 0.3 is 5.97 Å². The van der Waals surface area contributed by atoms with Crippen LogP contribution < -0.4 is 5.73 Å². The molecule has 0 saturated heterocycles. The number of carbonyl (C=O) groups excluding carboxylic acids is 1. The minimum absolute atomic E-state index is 0.00458. The molecule has 1 aromatic heterocycles. The second kappa shape index (κ2) is 5.37. The third-order valence-electron chi connectivity index (χ3n) is 2.07. The number of aliphatic carboxylic acids is 1. The molecule has 0 bridgehead atoms. The molecule has 17 heavy (non-hydrogen) atoms. The van der Waals surface area contributed by atoms with Crippen molar-refractivity contribution in [2.24, 2.45) is 5.73 Å². The van der Waals surface area contributed by atoms with Gasteiger partial charge in [-0.25, -0.2) is 4.98 Å². The van der Waals surface area contributed by atoms with Gasteiger partial charge in [0.1, 0.15) is 11.8 Å². The lowest BCUT2D eigenvalue weighted by Crippen LogP contribution is -2.23. The number of rotatable bonds is 5. The Bertz CT molecular complexity index is 434. The summed E-state index contributed by atoms with van der Waals surface area (Å²) in [7, 11) is 0. The molecule has 0 aliphatic carbocycles. The average Bonchev–Trinajstić information content (AvgIpc) is 2.27. The van der Waals surface area contributed by atoms with Crippen LogP contribution in [-0.4, -0.2) is 38.3 Å². The molecule has 1 aromatic rings. The number of carboxylic acids is 1. The van der Waals surface area contributed by atoms with Crippen molar-refractivity contribution in [1.29, 1.82) is 0 Å². The average molecular weight is 240 g/mol. The Morgan fingerprint density at radius 3 is 2.53 bits per heavy atom. The van der Waals surface area contributed by atoms with Gasteiger partial charge in [0.15, 0.2) is 0 Å². The molecule has 0 aliphatic heterocycles. The first-order valence-corrected chi connectivity index (χ1v) is 4.76. The van der Waals surface area contributed by atoms with Gasteiger partial charge in [-0.15, -0.1) is 0 Å². The lowest BCUT2D eigenvalue weighted by molar-refractivity contribution is -0.141. The number of primary amides is 1. The van der Waals surface area contributed by atoms with Gasteiger partial charge in [-0.3, -0.25) is 9.59 Å². The van der Waals surface area contributed by atoms with Gasteiger partial charge in [-0.2, -0.15) is 0 Å². The van der Waals surface area contributed by atoms with Crippen LogP contribution in [0.1, 0.15) is 28.7 Å². The van der Waals surface area contributed by atoms with E-state index in [1.807, 2.05) is 0 Å². The molecule has 7 heteroatoms. The fourth-order valence-corrected chi connectivity index (χ4v) is 1.24. The molecule has 92 valence electrons. The van der Waals surface area contributed by atoms with Crippen LogP contribution in [0.15, 0.2) is 18.2 Å². The van der Waals surface area contributed by atoms with Gasteiger partial charge in [-0.1, -0.05) is 6.07 Å². The van der Waals surface area contributed by atoms with Gasteiger partial charge in [0.2, 0.25) is 0 Å². The van der Waals surface area contributed by atoms with E-state index in [0.29, 0.717) is 0 Å². The lowest BCUT2D eigenvalue weighted by Gasteiger charge is -2.15. The number of aliphatic hydroxyl groups is 2. The number of carboxylic acid groups (broad SMARTS) is 1. The fraction of sp³-hybridized carbons (Fsp3) is 0.300. The van der Waals surface area contributed by atoms with Crippen LogP contribution in [0.25, 0.3) is 0 Å². The summed E-state index contributed by atoms with van der Waals surface area (Å²) >= 11 is 0. The van der Waals surface area contributed by atoms with Crippen molar-refractivity contribution in [3.05, 3.63) is 29.6 Å². The monoisotopic (exact) mass is 240 g/mol. The van der Waals surface area contributed by atoms with Crippen molar-refractivity contribution in [3.8, 4) is 0 Å². The summed E-state index contributed by atoms with van der Waals surface area (Å²) < 4.78 is 0. The van der Waals surface area contributed by atoms with Crippen LogP contribution in [0.2, 0.25) is 0 Å². The smallest absolute Gasteiger partial charge is 0.306 e. The Hall–Kier alpha value is -1.99. The third kappa shape index (κ3) is 3.51. The highest BCUT2D eigenvalue weighted by atomic mass is 16.4. The van der Waals surface area contributed by atoms with Crippen LogP contribution in [0.3, 0.4) is 0 Å². The maximum Gasteiger partial charge on any atom is 0.306 e. The van der Waals surface area contributed by atoms with Crippen LogP contribution >= 0.6 is 0 Å². The van der Waals surface area contributed by atoms with E-state index in [4.69, 9.17) is 10.8 Å². The van der Waals surface area contributed by atoms with Crippen molar-refractivity contribution in [2.75, 3.05) is 0 Å². The second-order valence-corrected chi connectivity index (χ2v) is 3.42. The SMILES string of the molecule is NC(=O)c1cccc(C(O)C(O)CC(=O)O)n1. The maximum atomic E-state index is 10.8. The second-order valence-electron chi connectivity index (χ2n) is 3.42. The van der Waals surface area contributed by atoms with Crippen LogP contribution in [0.4, 0.5) is 0 Å². The molecule has 5 N–H and O–H groups in total. The molecule has 0 spiro atoms. The first-order valence-electron chi connectivity index (χ1n) is 4.76. The van der Waals surface area contributed by atoms with Gasteiger partial charge < -0.3 is 21.1 Å². The molecule has 1 rings (SSSR count). The van der Waals surface area contributed by atoms with Crippen LogP contribution in [0, 0.1) is 0 Å². The summed E-state index contributed by atoms with van der Waals surface area (Å²) in [4.78, 5) is 24.9. The van der Waals surface area contributed by atoms with Crippen LogP contribution in [0.5, 0.6) is 0 Å². The molecule has 0 saturated carbocycles. The van der Waals surface area contributed by atoms with E-state index >= 15 is 0 Å². The predicted molar refractivity (Wildman–Crippen MR) is 56.0 cm³/mol. The number of pyridine rings is 1. The summed E-state index contributed by atoms with van der Waals surface area (Å²) in [5.74, 6) is -2.02. The Kier molecular flexibility index (Phi) is 4.13. The molecular formula is C10H12N2O5. The van der Waals surface area contributed by atoms with Crippen molar-refractivity contribution in [2.45, 2.75) is 18.6 Å². The van der Waals surface area contributed by atoms with E-state index in [1.54, 1.807) is 0 Å². The molecule has 2 atom stereocenters. The largest absolute Gasteiger partial charge is 0.481 e. The summed E-state index contributed by atoms with van der Waals surface area (Å²) in [5.41, 5.74) is 4.93.